The van der Waals surface area contributed by atoms with Crippen molar-refractivity contribution in [3.8, 4) is 0 Å². The van der Waals surface area contributed by atoms with Gasteiger partial charge in [0.05, 0.1) is 6.61 Å². The number of hydrogen-bond donors (Lipinski definition) is 3. The molecular weight excluding hydrogens is 206 g/mol. The molecule has 1 fully saturated rings. The zero-order chi connectivity index (χ0) is 12.2. The molecule has 1 aliphatic rings. The number of nitrogens with zero attached hydrogens (tertiary/aromatic N) is 1. The van der Waals surface area contributed by atoms with E-state index in [1.54, 1.807) is 7.11 Å². The van der Waals surface area contributed by atoms with Crippen molar-refractivity contribution in [2.45, 2.75) is 38.6 Å². The average Bonchev–Trinajstić information content (AvgIpc) is 2.96. The normalized spacial score (nSPS) is 19.8. The van der Waals surface area contributed by atoms with Crippen LogP contribution in [0.5, 0.6) is 0 Å². The summed E-state index contributed by atoms with van der Waals surface area (Å²) in [6.45, 7) is 5.78. The third-order valence-electron chi connectivity index (χ3n) is 3.09. The van der Waals surface area contributed by atoms with E-state index >= 15 is 0 Å². The van der Waals surface area contributed by atoms with Gasteiger partial charge in [0.15, 0.2) is 0 Å². The molecule has 94 valence electrons. The minimum Gasteiger partial charge on any atom is -0.409 e. The molecule has 1 aliphatic carbocycles. The number of nitrogens with two attached hydrogens (primary N) is 1. The second kappa shape index (κ2) is 5.01. The van der Waals surface area contributed by atoms with Crippen molar-refractivity contribution in [2.75, 3.05) is 20.3 Å². The summed E-state index contributed by atoms with van der Waals surface area (Å²) >= 11 is 0. The van der Waals surface area contributed by atoms with Gasteiger partial charge in [0, 0.05) is 25.6 Å². The minimum absolute atomic E-state index is 0.0323. The van der Waals surface area contributed by atoms with Gasteiger partial charge in [-0.2, -0.15) is 0 Å². The van der Waals surface area contributed by atoms with E-state index in [2.05, 4.69) is 24.3 Å². The highest BCUT2D eigenvalue weighted by Crippen LogP contribution is 2.48. The Labute approximate surface area is 97.0 Å². The Balaban J connectivity index is 2.37. The topological polar surface area (TPSA) is 79.9 Å². The van der Waals surface area contributed by atoms with E-state index in [-0.39, 0.29) is 11.0 Å². The number of amidine groups is 1. The number of rotatable bonds is 7. The third kappa shape index (κ3) is 3.98. The first-order chi connectivity index (χ1) is 7.43. The summed E-state index contributed by atoms with van der Waals surface area (Å²) < 4.78 is 5.14. The standard InChI is InChI=1S/C11H23N3O2/c1-10(2,8-16-3)13-7-11(4-5-11)6-9(12)14-15/h13,15H,4-8H2,1-3H3,(H2,12,14). The van der Waals surface area contributed by atoms with Crippen LogP contribution in [0.2, 0.25) is 0 Å². The van der Waals surface area contributed by atoms with E-state index < -0.39 is 0 Å². The molecule has 0 amide bonds. The first-order valence-corrected chi connectivity index (χ1v) is 5.63. The maximum atomic E-state index is 8.56. The van der Waals surface area contributed by atoms with Gasteiger partial charge in [-0.05, 0) is 32.1 Å². The summed E-state index contributed by atoms with van der Waals surface area (Å²) in [5.41, 5.74) is 5.71. The van der Waals surface area contributed by atoms with Gasteiger partial charge in [0.1, 0.15) is 5.84 Å². The zero-order valence-electron chi connectivity index (χ0n) is 10.4. The van der Waals surface area contributed by atoms with Crippen LogP contribution in [-0.4, -0.2) is 36.8 Å². The molecule has 0 unspecified atom stereocenters. The smallest absolute Gasteiger partial charge is 0.139 e. The monoisotopic (exact) mass is 229 g/mol. The van der Waals surface area contributed by atoms with Gasteiger partial charge in [-0.15, -0.1) is 0 Å². The largest absolute Gasteiger partial charge is 0.409 e. The maximum Gasteiger partial charge on any atom is 0.139 e. The van der Waals surface area contributed by atoms with Gasteiger partial charge >= 0.3 is 0 Å². The van der Waals surface area contributed by atoms with Gasteiger partial charge < -0.3 is 21.0 Å². The average molecular weight is 229 g/mol. The molecule has 0 aromatic rings. The van der Waals surface area contributed by atoms with Crippen LogP contribution in [0.1, 0.15) is 33.1 Å². The Hall–Kier alpha value is -0.810. The highest BCUT2D eigenvalue weighted by molar-refractivity contribution is 5.80. The zero-order valence-corrected chi connectivity index (χ0v) is 10.4. The molecule has 5 heteroatoms. The predicted molar refractivity (Wildman–Crippen MR) is 63.7 cm³/mol. The van der Waals surface area contributed by atoms with E-state index in [0.29, 0.717) is 18.9 Å². The van der Waals surface area contributed by atoms with E-state index in [1.807, 2.05) is 0 Å². The van der Waals surface area contributed by atoms with Crippen molar-refractivity contribution in [1.29, 1.82) is 0 Å². The summed E-state index contributed by atoms with van der Waals surface area (Å²) in [5.74, 6) is 0.323. The Kier molecular flexibility index (Phi) is 4.15. The predicted octanol–water partition coefficient (Wildman–Crippen LogP) is 0.918. The molecule has 0 heterocycles. The van der Waals surface area contributed by atoms with Crippen LogP contribution in [0.3, 0.4) is 0 Å². The highest BCUT2D eigenvalue weighted by atomic mass is 16.5. The number of nitrogens with one attached hydrogen (secondary N) is 1. The SMILES string of the molecule is COCC(C)(C)NCC1(CC(N)=NO)CC1. The fourth-order valence-corrected chi connectivity index (χ4v) is 1.85. The van der Waals surface area contributed by atoms with Crippen molar-refractivity contribution < 1.29 is 9.94 Å². The van der Waals surface area contributed by atoms with Gasteiger partial charge in [0.2, 0.25) is 0 Å². The van der Waals surface area contributed by atoms with Crippen molar-refractivity contribution in [1.82, 2.24) is 5.32 Å². The van der Waals surface area contributed by atoms with Crippen molar-refractivity contribution in [3.63, 3.8) is 0 Å². The van der Waals surface area contributed by atoms with Crippen LogP contribution in [0.4, 0.5) is 0 Å². The van der Waals surface area contributed by atoms with Crippen LogP contribution in [0.15, 0.2) is 5.16 Å². The number of hydrogen-bond acceptors (Lipinski definition) is 4. The lowest BCUT2D eigenvalue weighted by Crippen LogP contribution is -2.46. The molecule has 5 nitrogen and oxygen atoms in total. The summed E-state index contributed by atoms with van der Waals surface area (Å²) in [4.78, 5) is 0. The number of oxime groups is 1. The molecule has 0 aliphatic heterocycles. The van der Waals surface area contributed by atoms with Gasteiger partial charge in [0.25, 0.3) is 0 Å². The summed E-state index contributed by atoms with van der Waals surface area (Å²) in [7, 11) is 1.70. The third-order valence-corrected chi connectivity index (χ3v) is 3.09. The number of ether oxygens (including phenoxy) is 1. The Morgan fingerprint density at radius 1 is 1.56 bits per heavy atom. The molecule has 1 rings (SSSR count). The summed E-state index contributed by atoms with van der Waals surface area (Å²) in [6, 6.07) is 0. The fourth-order valence-electron chi connectivity index (χ4n) is 1.85. The van der Waals surface area contributed by atoms with Crippen LogP contribution in [-0.2, 0) is 4.74 Å². The molecule has 0 spiro atoms. The van der Waals surface area contributed by atoms with E-state index in [1.165, 1.54) is 0 Å². The lowest BCUT2D eigenvalue weighted by molar-refractivity contribution is 0.124. The van der Waals surface area contributed by atoms with Crippen LogP contribution in [0, 0.1) is 5.41 Å². The number of methoxy groups -OCH3 is 1. The quantitative estimate of drug-likeness (QED) is 0.262. The van der Waals surface area contributed by atoms with E-state index in [0.717, 1.165) is 19.4 Å². The molecule has 1 saturated carbocycles. The first kappa shape index (κ1) is 13.3. The van der Waals surface area contributed by atoms with Crippen LogP contribution in [0.25, 0.3) is 0 Å². The minimum atomic E-state index is -0.0323. The second-order valence-corrected chi connectivity index (χ2v) is 5.44. The highest BCUT2D eigenvalue weighted by Gasteiger charge is 2.43. The van der Waals surface area contributed by atoms with Gasteiger partial charge in [-0.25, -0.2) is 0 Å². The second-order valence-electron chi connectivity index (χ2n) is 5.44. The van der Waals surface area contributed by atoms with E-state index in [4.69, 9.17) is 15.7 Å². The summed E-state index contributed by atoms with van der Waals surface area (Å²) in [5, 5.41) is 15.1. The molecule has 4 N–H and O–H groups in total. The van der Waals surface area contributed by atoms with Crippen molar-refractivity contribution >= 4 is 5.84 Å². The van der Waals surface area contributed by atoms with E-state index in [9.17, 15) is 0 Å². The molecular formula is C11H23N3O2. The van der Waals surface area contributed by atoms with Crippen LogP contribution < -0.4 is 11.1 Å². The molecule has 16 heavy (non-hydrogen) atoms. The maximum absolute atomic E-state index is 8.56. The molecule has 0 aromatic carbocycles. The lowest BCUT2D eigenvalue weighted by Gasteiger charge is -2.28. The summed E-state index contributed by atoms with van der Waals surface area (Å²) in [6.07, 6.45) is 2.94. The Morgan fingerprint density at radius 3 is 2.62 bits per heavy atom. The van der Waals surface area contributed by atoms with Crippen molar-refractivity contribution in [2.24, 2.45) is 16.3 Å². The first-order valence-electron chi connectivity index (χ1n) is 5.63. The Morgan fingerprint density at radius 2 is 2.19 bits per heavy atom. The molecule has 0 radical (unpaired) electrons. The molecule has 0 bridgehead atoms. The van der Waals surface area contributed by atoms with Gasteiger partial charge in [-0.1, -0.05) is 5.16 Å². The Bertz CT molecular complexity index is 260. The molecule has 0 atom stereocenters. The van der Waals surface area contributed by atoms with Crippen molar-refractivity contribution in [3.05, 3.63) is 0 Å². The van der Waals surface area contributed by atoms with Crippen LogP contribution >= 0.6 is 0 Å². The molecule has 0 aromatic heterocycles. The fraction of sp³-hybridized carbons (Fsp3) is 0.909. The lowest BCUT2D eigenvalue weighted by atomic mass is 9.99. The molecule has 0 saturated heterocycles. The van der Waals surface area contributed by atoms with Gasteiger partial charge in [-0.3, -0.25) is 0 Å².